The zero-order valence-electron chi connectivity index (χ0n) is 9.14. The van der Waals surface area contributed by atoms with Gasteiger partial charge < -0.3 is 10.1 Å². The van der Waals surface area contributed by atoms with Crippen LogP contribution in [0.5, 0.6) is 5.75 Å². The molecule has 0 spiro atoms. The highest BCUT2D eigenvalue weighted by Crippen LogP contribution is 2.37. The number of nitrogens with one attached hydrogen (secondary N) is 1. The van der Waals surface area contributed by atoms with E-state index in [1.54, 1.807) is 0 Å². The van der Waals surface area contributed by atoms with Gasteiger partial charge in [0.25, 0.3) is 0 Å². The Labute approximate surface area is 95.6 Å². The lowest BCUT2D eigenvalue weighted by molar-refractivity contribution is 0.310. The SMILES string of the molecule is CCCNC1COc2c(C)cc(Cl)cc21. The number of halogens is 1. The molecule has 0 amide bonds. The highest BCUT2D eigenvalue weighted by atomic mass is 35.5. The monoisotopic (exact) mass is 225 g/mol. The summed E-state index contributed by atoms with van der Waals surface area (Å²) in [5.74, 6) is 1.01. The Morgan fingerprint density at radius 1 is 1.53 bits per heavy atom. The third kappa shape index (κ3) is 2.11. The van der Waals surface area contributed by atoms with Gasteiger partial charge in [-0.2, -0.15) is 0 Å². The van der Waals surface area contributed by atoms with E-state index in [1.165, 1.54) is 5.56 Å². The predicted octanol–water partition coefficient (Wildman–Crippen LogP) is 3.08. The lowest BCUT2D eigenvalue weighted by atomic mass is 10.1. The normalized spacial score (nSPS) is 18.7. The van der Waals surface area contributed by atoms with E-state index in [0.29, 0.717) is 6.04 Å². The lowest BCUT2D eigenvalue weighted by Gasteiger charge is -2.10. The van der Waals surface area contributed by atoms with Crippen molar-refractivity contribution >= 4 is 11.6 Å². The smallest absolute Gasteiger partial charge is 0.127 e. The molecule has 1 aliphatic rings. The Bertz CT molecular complexity index is 365. The summed E-state index contributed by atoms with van der Waals surface area (Å²) in [5.41, 5.74) is 2.33. The van der Waals surface area contributed by atoms with Crippen molar-refractivity contribution in [1.29, 1.82) is 0 Å². The zero-order chi connectivity index (χ0) is 10.8. The number of rotatable bonds is 3. The van der Waals surface area contributed by atoms with E-state index in [4.69, 9.17) is 16.3 Å². The van der Waals surface area contributed by atoms with Gasteiger partial charge in [-0.3, -0.25) is 0 Å². The molecule has 82 valence electrons. The molecular weight excluding hydrogens is 210 g/mol. The Morgan fingerprint density at radius 2 is 2.33 bits per heavy atom. The summed E-state index contributed by atoms with van der Waals surface area (Å²) in [6, 6.07) is 4.25. The molecule has 0 fully saturated rings. The average Bonchev–Trinajstić information content (AvgIpc) is 2.58. The van der Waals surface area contributed by atoms with Gasteiger partial charge in [-0.05, 0) is 37.6 Å². The number of hydrogen-bond acceptors (Lipinski definition) is 2. The molecule has 0 saturated heterocycles. The van der Waals surface area contributed by atoms with E-state index in [0.717, 1.165) is 35.9 Å². The maximum absolute atomic E-state index is 6.04. The van der Waals surface area contributed by atoms with Crippen molar-refractivity contribution in [1.82, 2.24) is 5.32 Å². The van der Waals surface area contributed by atoms with E-state index in [9.17, 15) is 0 Å². The van der Waals surface area contributed by atoms with Gasteiger partial charge in [0.1, 0.15) is 12.4 Å². The second kappa shape index (κ2) is 4.42. The second-order valence-corrected chi connectivity index (χ2v) is 4.40. The quantitative estimate of drug-likeness (QED) is 0.854. The zero-order valence-corrected chi connectivity index (χ0v) is 9.90. The van der Waals surface area contributed by atoms with Crippen molar-refractivity contribution in [2.24, 2.45) is 0 Å². The Balaban J connectivity index is 2.25. The molecule has 0 saturated carbocycles. The van der Waals surface area contributed by atoms with Crippen LogP contribution in [0.15, 0.2) is 12.1 Å². The van der Waals surface area contributed by atoms with E-state index < -0.39 is 0 Å². The van der Waals surface area contributed by atoms with Gasteiger partial charge in [-0.1, -0.05) is 18.5 Å². The van der Waals surface area contributed by atoms with Crippen molar-refractivity contribution < 1.29 is 4.74 Å². The largest absolute Gasteiger partial charge is 0.491 e. The fraction of sp³-hybridized carbons (Fsp3) is 0.500. The summed E-state index contributed by atoms with van der Waals surface area (Å²) < 4.78 is 5.67. The first kappa shape index (κ1) is 10.8. The number of benzene rings is 1. The van der Waals surface area contributed by atoms with E-state index in [1.807, 2.05) is 19.1 Å². The van der Waals surface area contributed by atoms with Gasteiger partial charge in [0.2, 0.25) is 0 Å². The highest BCUT2D eigenvalue weighted by molar-refractivity contribution is 6.30. The molecule has 1 aromatic carbocycles. The van der Waals surface area contributed by atoms with E-state index >= 15 is 0 Å². The lowest BCUT2D eigenvalue weighted by Crippen LogP contribution is -2.23. The molecule has 0 aromatic heterocycles. The Hall–Kier alpha value is -0.730. The number of aryl methyl sites for hydroxylation is 1. The summed E-state index contributed by atoms with van der Waals surface area (Å²) in [6.07, 6.45) is 1.13. The number of fused-ring (bicyclic) bond motifs is 1. The van der Waals surface area contributed by atoms with Crippen LogP contribution >= 0.6 is 11.6 Å². The summed E-state index contributed by atoms with van der Waals surface area (Å²) in [5, 5.41) is 4.25. The fourth-order valence-electron chi connectivity index (χ4n) is 1.96. The molecule has 1 aromatic rings. The van der Waals surface area contributed by atoms with Crippen LogP contribution in [0.3, 0.4) is 0 Å². The number of ether oxygens (including phenoxy) is 1. The molecule has 1 N–H and O–H groups in total. The molecule has 0 radical (unpaired) electrons. The molecule has 1 atom stereocenters. The van der Waals surface area contributed by atoms with Gasteiger partial charge in [0, 0.05) is 10.6 Å². The summed E-state index contributed by atoms with van der Waals surface area (Å²) in [6.45, 7) is 5.93. The maximum atomic E-state index is 6.04. The molecule has 0 aliphatic carbocycles. The molecule has 1 unspecified atom stereocenters. The topological polar surface area (TPSA) is 21.3 Å². The molecule has 2 nitrogen and oxygen atoms in total. The van der Waals surface area contributed by atoms with E-state index in [2.05, 4.69) is 12.2 Å². The van der Waals surface area contributed by atoms with Crippen LogP contribution in [-0.4, -0.2) is 13.2 Å². The van der Waals surface area contributed by atoms with Crippen LogP contribution in [0.1, 0.15) is 30.5 Å². The van der Waals surface area contributed by atoms with Crippen molar-refractivity contribution in [2.45, 2.75) is 26.3 Å². The highest BCUT2D eigenvalue weighted by Gasteiger charge is 2.25. The molecule has 15 heavy (non-hydrogen) atoms. The van der Waals surface area contributed by atoms with Crippen molar-refractivity contribution in [2.75, 3.05) is 13.2 Å². The standard InChI is InChI=1S/C12H16ClNO/c1-3-4-14-11-7-15-12-8(2)5-9(13)6-10(11)12/h5-6,11,14H,3-4,7H2,1-2H3. The van der Waals surface area contributed by atoms with Gasteiger partial charge in [-0.25, -0.2) is 0 Å². The first-order valence-corrected chi connectivity index (χ1v) is 5.76. The Kier molecular flexibility index (Phi) is 3.17. The molecule has 1 heterocycles. The van der Waals surface area contributed by atoms with Crippen molar-refractivity contribution in [3.63, 3.8) is 0 Å². The summed E-state index contributed by atoms with van der Waals surface area (Å²) >= 11 is 6.04. The molecular formula is C12H16ClNO. The molecule has 0 bridgehead atoms. The van der Waals surface area contributed by atoms with Crippen LogP contribution < -0.4 is 10.1 Å². The minimum absolute atomic E-state index is 0.303. The number of hydrogen-bond donors (Lipinski definition) is 1. The van der Waals surface area contributed by atoms with Gasteiger partial charge in [0.05, 0.1) is 6.04 Å². The van der Waals surface area contributed by atoms with Gasteiger partial charge in [0.15, 0.2) is 0 Å². The van der Waals surface area contributed by atoms with Crippen molar-refractivity contribution in [3.05, 3.63) is 28.3 Å². The molecule has 3 heteroatoms. The van der Waals surface area contributed by atoms with Crippen LogP contribution in [-0.2, 0) is 0 Å². The molecule has 2 rings (SSSR count). The van der Waals surface area contributed by atoms with Gasteiger partial charge in [-0.15, -0.1) is 0 Å². The first-order chi connectivity index (χ1) is 7.22. The summed E-state index contributed by atoms with van der Waals surface area (Å²) in [4.78, 5) is 0. The average molecular weight is 226 g/mol. The summed E-state index contributed by atoms with van der Waals surface area (Å²) in [7, 11) is 0. The maximum Gasteiger partial charge on any atom is 0.127 e. The van der Waals surface area contributed by atoms with Crippen molar-refractivity contribution in [3.8, 4) is 5.75 Å². The minimum atomic E-state index is 0.303. The fourth-order valence-corrected chi connectivity index (χ4v) is 2.24. The Morgan fingerprint density at radius 3 is 3.07 bits per heavy atom. The third-order valence-electron chi connectivity index (χ3n) is 2.68. The van der Waals surface area contributed by atoms with Gasteiger partial charge >= 0.3 is 0 Å². The van der Waals surface area contributed by atoms with Crippen LogP contribution in [0.25, 0.3) is 0 Å². The van der Waals surface area contributed by atoms with E-state index in [-0.39, 0.29) is 0 Å². The predicted molar refractivity (Wildman–Crippen MR) is 62.7 cm³/mol. The van der Waals surface area contributed by atoms with Crippen LogP contribution in [0, 0.1) is 6.92 Å². The first-order valence-electron chi connectivity index (χ1n) is 5.38. The van der Waals surface area contributed by atoms with Crippen LogP contribution in [0.2, 0.25) is 5.02 Å². The minimum Gasteiger partial charge on any atom is -0.491 e. The second-order valence-electron chi connectivity index (χ2n) is 3.96. The van der Waals surface area contributed by atoms with Crippen LogP contribution in [0.4, 0.5) is 0 Å². The third-order valence-corrected chi connectivity index (χ3v) is 2.90. The molecule has 1 aliphatic heterocycles.